The molecule has 0 saturated carbocycles. The quantitative estimate of drug-likeness (QED) is 0.632. The smallest absolute Gasteiger partial charge is 0.423 e. The summed E-state index contributed by atoms with van der Waals surface area (Å²) in [6, 6.07) is 10.4. The molecule has 3 aliphatic heterocycles. The molecule has 0 atom stereocenters. The Morgan fingerprint density at radius 2 is 2.06 bits per heavy atom. The largest absolute Gasteiger partial charge is 0.456 e. The van der Waals surface area contributed by atoms with Gasteiger partial charge >= 0.3 is 6.09 Å². The number of rotatable bonds is 5. The maximum atomic E-state index is 12.6. The molecule has 0 unspecified atom stereocenters. The van der Waals surface area contributed by atoms with Crippen LogP contribution < -0.4 is 4.74 Å². The Morgan fingerprint density at radius 1 is 1.24 bits per heavy atom. The highest BCUT2D eigenvalue weighted by Gasteiger charge is 2.35. The number of amidine groups is 1. The van der Waals surface area contributed by atoms with Gasteiger partial charge in [-0.3, -0.25) is 4.99 Å². The van der Waals surface area contributed by atoms with Crippen LogP contribution >= 0.6 is 11.6 Å². The Kier molecular flexibility index (Phi) is 5.09. The summed E-state index contributed by atoms with van der Waals surface area (Å²) in [4.78, 5) is 23.0. The van der Waals surface area contributed by atoms with Crippen molar-refractivity contribution in [1.82, 2.24) is 9.21 Å². The Balaban J connectivity index is 1.42. The third kappa shape index (κ3) is 4.04. The summed E-state index contributed by atoms with van der Waals surface area (Å²) < 4.78 is 36.8. The molecule has 0 spiro atoms. The molecule has 2 aromatic rings. The number of ether oxygens (including phenoxy) is 2. The van der Waals surface area contributed by atoms with Crippen molar-refractivity contribution in [3.05, 3.63) is 52.5 Å². The van der Waals surface area contributed by atoms with Gasteiger partial charge in [-0.25, -0.2) is 22.5 Å². The Hall–Kier alpha value is -3.11. The van der Waals surface area contributed by atoms with E-state index in [2.05, 4.69) is 18.8 Å². The number of carbonyl (C=O) groups is 1. The van der Waals surface area contributed by atoms with Gasteiger partial charge < -0.3 is 14.4 Å². The van der Waals surface area contributed by atoms with Crippen molar-refractivity contribution in [3.63, 3.8) is 0 Å². The minimum absolute atomic E-state index is 0.00963. The van der Waals surface area contributed by atoms with E-state index in [1.807, 2.05) is 17.0 Å². The summed E-state index contributed by atoms with van der Waals surface area (Å²) in [6.45, 7) is 4.89. The second-order valence-corrected chi connectivity index (χ2v) is 10.8. The summed E-state index contributed by atoms with van der Waals surface area (Å²) in [5.74, 6) is 1.21. The van der Waals surface area contributed by atoms with Gasteiger partial charge in [-0.15, -0.1) is 0 Å². The van der Waals surface area contributed by atoms with Crippen LogP contribution in [0.4, 0.5) is 10.5 Å². The third-order valence-corrected chi connectivity index (χ3v) is 7.56. The summed E-state index contributed by atoms with van der Waals surface area (Å²) >= 11 is 6.50. The van der Waals surface area contributed by atoms with Crippen LogP contribution in [0.25, 0.3) is 0 Å². The summed E-state index contributed by atoms with van der Waals surface area (Å²) in [5, 5.41) is 0.158. The van der Waals surface area contributed by atoms with Crippen molar-refractivity contribution in [2.24, 2.45) is 9.98 Å². The third-order valence-electron chi connectivity index (χ3n) is 5.45. The molecule has 3 heterocycles. The topological polar surface area (TPSA) is 101 Å². The molecule has 11 heteroatoms. The maximum Gasteiger partial charge on any atom is 0.423 e. The van der Waals surface area contributed by atoms with E-state index in [0.29, 0.717) is 17.1 Å². The zero-order valence-electron chi connectivity index (χ0n) is 18.0. The first-order valence-electron chi connectivity index (χ1n) is 10.3. The van der Waals surface area contributed by atoms with Gasteiger partial charge in [-0.05, 0) is 43.7 Å². The highest BCUT2D eigenvalue weighted by atomic mass is 35.5. The highest BCUT2D eigenvalue weighted by molar-refractivity contribution is 7.88. The molecule has 33 heavy (non-hydrogen) atoms. The van der Waals surface area contributed by atoms with Crippen molar-refractivity contribution in [1.29, 1.82) is 0 Å². The summed E-state index contributed by atoms with van der Waals surface area (Å²) in [5.41, 5.74) is 1.75. The molecular weight excluding hydrogens is 468 g/mol. The molecule has 172 valence electrons. The van der Waals surface area contributed by atoms with Crippen molar-refractivity contribution in [3.8, 4) is 11.5 Å². The Labute approximate surface area is 196 Å². The van der Waals surface area contributed by atoms with Crippen molar-refractivity contribution >= 4 is 45.6 Å². The molecule has 1 fully saturated rings. The second kappa shape index (κ2) is 7.74. The van der Waals surface area contributed by atoms with Gasteiger partial charge in [-0.2, -0.15) is 0 Å². The van der Waals surface area contributed by atoms with E-state index < -0.39 is 21.9 Å². The minimum Gasteiger partial charge on any atom is -0.456 e. The van der Waals surface area contributed by atoms with Crippen molar-refractivity contribution < 1.29 is 22.7 Å². The number of benzene rings is 2. The lowest BCUT2D eigenvalue weighted by Crippen LogP contribution is -2.33. The molecule has 1 amide bonds. The van der Waals surface area contributed by atoms with E-state index in [1.54, 1.807) is 30.6 Å². The molecular formula is C22H21ClN4O5S. The summed E-state index contributed by atoms with van der Waals surface area (Å²) in [7, 11) is -3.93. The molecule has 0 N–H and O–H groups in total. The van der Waals surface area contributed by atoms with Crippen LogP contribution in [0.3, 0.4) is 0 Å². The first-order chi connectivity index (χ1) is 15.6. The minimum atomic E-state index is -3.93. The molecule has 0 radical (unpaired) electrons. The highest BCUT2D eigenvalue weighted by Crippen LogP contribution is 2.37. The van der Waals surface area contributed by atoms with Gasteiger partial charge in [0.15, 0.2) is 0 Å². The van der Waals surface area contributed by atoms with E-state index in [1.165, 1.54) is 0 Å². The zero-order valence-corrected chi connectivity index (χ0v) is 19.6. The predicted octanol–water partition coefficient (Wildman–Crippen LogP) is 3.93. The number of aliphatic imine (C=N–C) groups is 2. The molecule has 0 bridgehead atoms. The number of nitrogens with zero attached hydrogens (tertiary/aromatic N) is 4. The molecule has 2 aromatic carbocycles. The Bertz CT molecular complexity index is 1320. The number of amides is 1. The van der Waals surface area contributed by atoms with Crippen LogP contribution in [0.5, 0.6) is 11.5 Å². The molecule has 5 rings (SSSR count). The van der Waals surface area contributed by atoms with Crippen LogP contribution in [0.15, 0.2) is 46.4 Å². The van der Waals surface area contributed by atoms with Crippen LogP contribution in [-0.2, 0) is 20.5 Å². The lowest BCUT2D eigenvalue weighted by molar-refractivity contribution is 0.170. The van der Waals surface area contributed by atoms with E-state index in [4.69, 9.17) is 26.1 Å². The van der Waals surface area contributed by atoms with Gasteiger partial charge in [0.2, 0.25) is 10.0 Å². The zero-order chi connectivity index (χ0) is 23.4. The predicted molar refractivity (Wildman–Crippen MR) is 124 cm³/mol. The van der Waals surface area contributed by atoms with E-state index >= 15 is 0 Å². The van der Waals surface area contributed by atoms with Crippen LogP contribution in [0.1, 0.15) is 25.0 Å². The van der Waals surface area contributed by atoms with E-state index in [0.717, 1.165) is 27.9 Å². The number of hydrogen-bond donors (Lipinski definition) is 0. The van der Waals surface area contributed by atoms with Gasteiger partial charge in [0, 0.05) is 5.56 Å². The number of carbonyl (C=O) groups excluding carboxylic acids is 1. The number of cyclic esters (lactones) is 1. The van der Waals surface area contributed by atoms with E-state index in [-0.39, 0.29) is 23.7 Å². The SMILES string of the molecule is CC1(C)CN2C=Nc3ccc(Oc4cccc(CS(=O)(=O)N5CCOC5=O)c4Cl)cc3C2=N1. The lowest BCUT2D eigenvalue weighted by Gasteiger charge is -2.22. The van der Waals surface area contributed by atoms with Gasteiger partial charge in [-0.1, -0.05) is 23.7 Å². The number of fused-ring (bicyclic) bond motifs is 3. The van der Waals surface area contributed by atoms with Gasteiger partial charge in [0.25, 0.3) is 0 Å². The fourth-order valence-corrected chi connectivity index (χ4v) is 5.70. The van der Waals surface area contributed by atoms with E-state index in [9.17, 15) is 13.2 Å². The van der Waals surface area contributed by atoms with Crippen LogP contribution in [-0.4, -0.2) is 61.1 Å². The van der Waals surface area contributed by atoms with Crippen LogP contribution in [0, 0.1) is 0 Å². The molecule has 0 aliphatic carbocycles. The normalized spacial score (nSPS) is 18.6. The number of halogens is 1. The fraction of sp³-hybridized carbons (Fsp3) is 0.318. The maximum absolute atomic E-state index is 12.6. The molecule has 1 saturated heterocycles. The average molecular weight is 489 g/mol. The van der Waals surface area contributed by atoms with Crippen LogP contribution in [0.2, 0.25) is 5.02 Å². The molecule has 9 nitrogen and oxygen atoms in total. The fourth-order valence-electron chi connectivity index (χ4n) is 3.97. The molecule has 3 aliphatic rings. The lowest BCUT2D eigenvalue weighted by atomic mass is 10.1. The number of sulfonamides is 1. The second-order valence-electron chi connectivity index (χ2n) is 8.57. The first-order valence-corrected chi connectivity index (χ1v) is 12.3. The standard InChI is InChI=1S/C22H21ClN4O5S/c1-22(2)12-26-13-24-17-7-6-15(10-16(17)20(26)25-22)32-18-5-3-4-14(19(18)23)11-33(29,30)27-8-9-31-21(27)28/h3-7,10,13H,8-9,11-12H2,1-2H3. The molecule has 0 aromatic heterocycles. The van der Waals surface area contributed by atoms with Gasteiger partial charge in [0.1, 0.15) is 23.9 Å². The van der Waals surface area contributed by atoms with Gasteiger partial charge in [0.05, 0.1) is 41.4 Å². The van der Waals surface area contributed by atoms with Crippen molar-refractivity contribution in [2.45, 2.75) is 25.1 Å². The monoisotopic (exact) mass is 488 g/mol. The number of hydrogen-bond acceptors (Lipinski definition) is 8. The Morgan fingerprint density at radius 3 is 2.82 bits per heavy atom. The summed E-state index contributed by atoms with van der Waals surface area (Å²) in [6.07, 6.45) is 0.912. The average Bonchev–Trinajstić information content (AvgIpc) is 3.33. The first kappa shape index (κ1) is 21.7. The van der Waals surface area contributed by atoms with Crippen molar-refractivity contribution in [2.75, 3.05) is 19.7 Å².